The van der Waals surface area contributed by atoms with Crippen molar-refractivity contribution in [3.63, 3.8) is 0 Å². The molecule has 1 saturated carbocycles. The summed E-state index contributed by atoms with van der Waals surface area (Å²) in [4.78, 5) is 51.6. The average Bonchev–Trinajstić information content (AvgIpc) is 3.40. The molecule has 1 atom stereocenters. The Morgan fingerprint density at radius 1 is 1.12 bits per heavy atom. The molecule has 1 fully saturated rings. The van der Waals surface area contributed by atoms with E-state index in [0.29, 0.717) is 22.5 Å². The number of rotatable bonds is 8. The Hall–Kier alpha value is -3.29. The molecule has 2 N–H and O–H groups in total. The van der Waals surface area contributed by atoms with Gasteiger partial charge in [-0.1, -0.05) is 19.8 Å². The van der Waals surface area contributed by atoms with Crippen molar-refractivity contribution in [2.75, 3.05) is 5.32 Å². The van der Waals surface area contributed by atoms with Crippen LogP contribution in [0.3, 0.4) is 0 Å². The van der Waals surface area contributed by atoms with Crippen molar-refractivity contribution in [2.45, 2.75) is 65.8 Å². The topological polar surface area (TPSA) is 97.3 Å². The maximum absolute atomic E-state index is 13.6. The molecule has 1 aromatic heterocycles. The van der Waals surface area contributed by atoms with Gasteiger partial charge in [-0.2, -0.15) is 0 Å². The van der Waals surface area contributed by atoms with Crippen molar-refractivity contribution in [2.24, 2.45) is 13.0 Å². The van der Waals surface area contributed by atoms with Crippen LogP contribution in [0.4, 0.5) is 10.1 Å². The summed E-state index contributed by atoms with van der Waals surface area (Å²) < 4.78 is 15.1. The number of amides is 2. The van der Waals surface area contributed by atoms with Gasteiger partial charge in [0.2, 0.25) is 0 Å². The van der Waals surface area contributed by atoms with Crippen LogP contribution < -0.4 is 10.6 Å². The summed E-state index contributed by atoms with van der Waals surface area (Å²) in [6.45, 7) is 6.65. The summed E-state index contributed by atoms with van der Waals surface area (Å²) >= 11 is 0. The molecular formula is C26H32FN3O4. The Balaban J connectivity index is 1.85. The molecule has 1 aliphatic carbocycles. The van der Waals surface area contributed by atoms with Crippen LogP contribution >= 0.6 is 0 Å². The number of nitrogens with zero attached hydrogens (tertiary/aromatic N) is 1. The number of aromatic nitrogens is 1. The zero-order valence-corrected chi connectivity index (χ0v) is 20.4. The number of hydrogen-bond acceptors (Lipinski definition) is 4. The maximum Gasteiger partial charge on any atom is 0.294 e. The van der Waals surface area contributed by atoms with Crippen LogP contribution in [-0.4, -0.2) is 34.0 Å². The van der Waals surface area contributed by atoms with E-state index in [-0.39, 0.29) is 35.2 Å². The third-order valence-electron chi connectivity index (χ3n) is 6.85. The van der Waals surface area contributed by atoms with Crippen LogP contribution in [0.5, 0.6) is 0 Å². The lowest BCUT2D eigenvalue weighted by molar-refractivity contribution is -0.126. The van der Waals surface area contributed by atoms with E-state index in [4.69, 9.17) is 0 Å². The summed E-state index contributed by atoms with van der Waals surface area (Å²) in [5.74, 6) is -2.50. The number of nitrogens with one attached hydrogen (secondary N) is 2. The molecule has 0 radical (unpaired) electrons. The monoisotopic (exact) mass is 469 g/mol. The molecule has 0 spiro atoms. The number of ketones is 2. The van der Waals surface area contributed by atoms with Crippen LogP contribution in [0.2, 0.25) is 0 Å². The van der Waals surface area contributed by atoms with Gasteiger partial charge in [-0.05, 0) is 68.9 Å². The second kappa shape index (κ2) is 10.3. The van der Waals surface area contributed by atoms with E-state index in [2.05, 4.69) is 10.6 Å². The Bertz CT molecular complexity index is 1150. The first-order valence-electron chi connectivity index (χ1n) is 11.7. The molecule has 1 heterocycles. The minimum absolute atomic E-state index is 0.0425. The van der Waals surface area contributed by atoms with E-state index in [1.807, 2.05) is 0 Å². The quantitative estimate of drug-likeness (QED) is 0.448. The molecule has 2 aromatic rings. The number of benzene rings is 1. The fourth-order valence-corrected chi connectivity index (χ4v) is 4.84. The zero-order chi connectivity index (χ0) is 25.2. The number of aryl methyl sites for hydroxylation is 1. The molecular weight excluding hydrogens is 437 g/mol. The van der Waals surface area contributed by atoms with Gasteiger partial charge in [-0.15, -0.1) is 0 Å². The van der Waals surface area contributed by atoms with Crippen molar-refractivity contribution < 1.29 is 23.6 Å². The van der Waals surface area contributed by atoms with Gasteiger partial charge in [0.05, 0.1) is 17.3 Å². The summed E-state index contributed by atoms with van der Waals surface area (Å²) in [7, 11) is 1.62. The molecule has 7 nitrogen and oxygen atoms in total. The fourth-order valence-electron chi connectivity index (χ4n) is 4.84. The van der Waals surface area contributed by atoms with Gasteiger partial charge < -0.3 is 15.2 Å². The third-order valence-corrected chi connectivity index (χ3v) is 6.85. The number of Topliss-reactive ketones (excluding diaryl/α,β-unsaturated/α-hetero) is 2. The average molecular weight is 470 g/mol. The van der Waals surface area contributed by atoms with Crippen LogP contribution in [0, 0.1) is 32.5 Å². The molecule has 0 saturated heterocycles. The summed E-state index contributed by atoms with van der Waals surface area (Å²) in [6, 6.07) is 3.58. The van der Waals surface area contributed by atoms with E-state index in [1.165, 1.54) is 22.8 Å². The second-order valence-electron chi connectivity index (χ2n) is 9.06. The van der Waals surface area contributed by atoms with Crippen molar-refractivity contribution in [3.8, 4) is 0 Å². The number of hydrogen-bond donors (Lipinski definition) is 2. The van der Waals surface area contributed by atoms with Crippen molar-refractivity contribution in [1.82, 2.24) is 9.88 Å². The maximum atomic E-state index is 13.6. The van der Waals surface area contributed by atoms with Gasteiger partial charge in [0, 0.05) is 24.8 Å². The first-order valence-corrected chi connectivity index (χ1v) is 11.7. The SMILES string of the molecule is CCC(=O)[C@@H](NC(=O)C(=O)c1c(C)c(C(=O)Nc2ccc(F)c(C)c2)c(C)n1C)C1CCCC1. The van der Waals surface area contributed by atoms with E-state index >= 15 is 0 Å². The smallest absolute Gasteiger partial charge is 0.294 e. The standard InChI is InChI=1S/C26H32FN3O4/c1-6-20(31)22(17-9-7-8-10-17)29-26(34)24(32)23-15(3)21(16(4)30(23)5)25(33)28-18-11-12-19(27)14(2)13-18/h11-13,17,22H,6-10H2,1-5H3,(H,28,33)(H,29,34)/t22-/m0/s1. The molecule has 0 bridgehead atoms. The highest BCUT2D eigenvalue weighted by atomic mass is 19.1. The van der Waals surface area contributed by atoms with Gasteiger partial charge in [0.15, 0.2) is 5.78 Å². The first kappa shape index (κ1) is 25.3. The van der Waals surface area contributed by atoms with Gasteiger partial charge in [0.25, 0.3) is 17.6 Å². The summed E-state index contributed by atoms with van der Waals surface area (Å²) in [5, 5.41) is 5.42. The van der Waals surface area contributed by atoms with Crippen LogP contribution in [-0.2, 0) is 16.6 Å². The summed E-state index contributed by atoms with van der Waals surface area (Å²) in [6.07, 6.45) is 3.99. The molecule has 1 aromatic carbocycles. The zero-order valence-electron chi connectivity index (χ0n) is 20.4. The van der Waals surface area contributed by atoms with Crippen molar-refractivity contribution in [1.29, 1.82) is 0 Å². The summed E-state index contributed by atoms with van der Waals surface area (Å²) in [5.41, 5.74) is 2.08. The predicted octanol–water partition coefficient (Wildman–Crippen LogP) is 4.18. The Kier molecular flexibility index (Phi) is 7.69. The molecule has 0 aliphatic heterocycles. The number of carbonyl (C=O) groups excluding carboxylic acids is 4. The molecule has 1 aliphatic rings. The lowest BCUT2D eigenvalue weighted by atomic mass is 9.93. The van der Waals surface area contributed by atoms with Crippen LogP contribution in [0.1, 0.15) is 76.7 Å². The lowest BCUT2D eigenvalue weighted by Gasteiger charge is -2.22. The predicted molar refractivity (Wildman–Crippen MR) is 127 cm³/mol. The molecule has 34 heavy (non-hydrogen) atoms. The molecule has 2 amide bonds. The molecule has 3 rings (SSSR count). The fraction of sp³-hybridized carbons (Fsp3) is 0.462. The third kappa shape index (κ3) is 4.95. The number of halogens is 1. The van der Waals surface area contributed by atoms with E-state index in [0.717, 1.165) is 25.7 Å². The van der Waals surface area contributed by atoms with Gasteiger partial charge in [-0.3, -0.25) is 19.2 Å². The van der Waals surface area contributed by atoms with Crippen molar-refractivity contribution in [3.05, 3.63) is 52.1 Å². The number of anilines is 1. The number of carbonyl (C=O) groups is 4. The van der Waals surface area contributed by atoms with Crippen LogP contribution in [0.25, 0.3) is 0 Å². The minimum Gasteiger partial charge on any atom is -0.344 e. The Labute approximate surface area is 199 Å². The van der Waals surface area contributed by atoms with Gasteiger partial charge in [-0.25, -0.2) is 4.39 Å². The largest absolute Gasteiger partial charge is 0.344 e. The Morgan fingerprint density at radius 3 is 2.35 bits per heavy atom. The van der Waals surface area contributed by atoms with Crippen molar-refractivity contribution >= 4 is 29.1 Å². The lowest BCUT2D eigenvalue weighted by Crippen LogP contribution is -2.48. The highest BCUT2D eigenvalue weighted by Gasteiger charge is 2.34. The van der Waals surface area contributed by atoms with Gasteiger partial charge >= 0.3 is 0 Å². The van der Waals surface area contributed by atoms with E-state index in [9.17, 15) is 23.6 Å². The normalized spacial score (nSPS) is 14.6. The Morgan fingerprint density at radius 2 is 1.76 bits per heavy atom. The van der Waals surface area contributed by atoms with E-state index < -0.39 is 23.6 Å². The minimum atomic E-state index is -0.844. The van der Waals surface area contributed by atoms with E-state index in [1.54, 1.807) is 34.7 Å². The van der Waals surface area contributed by atoms with Gasteiger partial charge in [0.1, 0.15) is 5.82 Å². The van der Waals surface area contributed by atoms with Crippen LogP contribution in [0.15, 0.2) is 18.2 Å². The first-order chi connectivity index (χ1) is 16.1. The molecule has 182 valence electrons. The highest BCUT2D eigenvalue weighted by Crippen LogP contribution is 2.29. The highest BCUT2D eigenvalue weighted by molar-refractivity contribution is 6.43. The second-order valence-corrected chi connectivity index (χ2v) is 9.06. The molecule has 0 unspecified atom stereocenters. The molecule has 8 heteroatoms.